The van der Waals surface area contributed by atoms with Crippen molar-refractivity contribution in [2.75, 3.05) is 44.6 Å². The number of carbonyl (C=O) groups excluding carboxylic acids is 3. The van der Waals surface area contributed by atoms with E-state index in [1.165, 1.54) is 9.80 Å². The van der Waals surface area contributed by atoms with Gasteiger partial charge in [-0.2, -0.15) is 0 Å². The van der Waals surface area contributed by atoms with Crippen LogP contribution in [-0.4, -0.2) is 66.4 Å². The third-order valence-corrected chi connectivity index (χ3v) is 6.01. The van der Waals surface area contributed by atoms with Crippen LogP contribution in [0.2, 0.25) is 0 Å². The van der Waals surface area contributed by atoms with E-state index >= 15 is 0 Å². The number of para-hydroxylation sites is 1. The first kappa shape index (κ1) is 27.2. The summed E-state index contributed by atoms with van der Waals surface area (Å²) in [5.41, 5.74) is 2.22. The molecular weight excluding hydrogens is 498 g/mol. The van der Waals surface area contributed by atoms with Gasteiger partial charge in [-0.1, -0.05) is 31.2 Å². The monoisotopic (exact) mass is 529 g/mol. The molecule has 10 nitrogen and oxygen atoms in total. The second kappa shape index (κ2) is 12.1. The Morgan fingerprint density at radius 2 is 1.56 bits per heavy atom. The minimum Gasteiger partial charge on any atom is -0.484 e. The number of aromatic nitrogens is 2. The van der Waals surface area contributed by atoms with Gasteiger partial charge >= 0.3 is 0 Å². The predicted octanol–water partition coefficient (Wildman–Crippen LogP) is 3.66. The lowest BCUT2D eigenvalue weighted by Crippen LogP contribution is -2.33. The fourth-order valence-corrected chi connectivity index (χ4v) is 3.83. The van der Waals surface area contributed by atoms with Crippen LogP contribution in [0, 0.1) is 0 Å². The Labute approximate surface area is 226 Å². The van der Waals surface area contributed by atoms with Gasteiger partial charge in [-0.3, -0.25) is 23.7 Å². The number of aryl methyl sites for hydroxylation is 1. The van der Waals surface area contributed by atoms with Crippen molar-refractivity contribution >= 4 is 34.9 Å². The van der Waals surface area contributed by atoms with Crippen molar-refractivity contribution in [3.63, 3.8) is 0 Å². The van der Waals surface area contributed by atoms with Gasteiger partial charge in [-0.05, 0) is 42.8 Å². The van der Waals surface area contributed by atoms with Crippen molar-refractivity contribution in [3.8, 4) is 11.5 Å². The largest absolute Gasteiger partial charge is 0.484 e. The summed E-state index contributed by atoms with van der Waals surface area (Å²) in [5.74, 6) is 0.860. The lowest BCUT2D eigenvalue weighted by molar-refractivity contribution is -0.130. The highest BCUT2D eigenvalue weighted by molar-refractivity contribution is 6.04. The smallest absolute Gasteiger partial charge is 0.265 e. The van der Waals surface area contributed by atoms with Gasteiger partial charge in [0, 0.05) is 39.1 Å². The number of hydrogen-bond acceptors (Lipinski definition) is 6. The molecule has 4 rings (SSSR count). The molecule has 10 heteroatoms. The Morgan fingerprint density at radius 1 is 0.872 bits per heavy atom. The number of anilines is 2. The van der Waals surface area contributed by atoms with Gasteiger partial charge in [0.2, 0.25) is 0 Å². The zero-order valence-electron chi connectivity index (χ0n) is 22.4. The number of benzene rings is 2. The van der Waals surface area contributed by atoms with Gasteiger partial charge in [-0.15, -0.1) is 0 Å². The van der Waals surface area contributed by atoms with E-state index in [2.05, 4.69) is 10.3 Å². The number of pyridine rings is 1. The average molecular weight is 530 g/mol. The zero-order chi connectivity index (χ0) is 27.9. The number of nitrogens with zero attached hydrogens (tertiary/aromatic N) is 4. The number of carbonyl (C=O) groups is 3. The minimum absolute atomic E-state index is 0.104. The standard InChI is InChI=1S/C29H31N5O5/c1-5-24-29(33(4)27(36)19-38-22-11-7-6-8-12-22)34-17-20(14-15-25(34)31-24)28(37)30-21-10-9-13-23(16-21)39-18-26(35)32(2)3/h6-17H,5,18-19H2,1-4H3,(H,30,37). The van der Waals surface area contributed by atoms with Crippen LogP contribution in [0.15, 0.2) is 72.9 Å². The van der Waals surface area contributed by atoms with E-state index in [1.807, 2.05) is 25.1 Å². The van der Waals surface area contributed by atoms with E-state index in [-0.39, 0.29) is 30.9 Å². The average Bonchev–Trinajstić information content (AvgIpc) is 3.32. The molecule has 2 aromatic heterocycles. The maximum Gasteiger partial charge on any atom is 0.265 e. The summed E-state index contributed by atoms with van der Waals surface area (Å²) in [7, 11) is 4.97. The van der Waals surface area contributed by atoms with Crippen LogP contribution >= 0.6 is 0 Å². The van der Waals surface area contributed by atoms with Gasteiger partial charge in [0.1, 0.15) is 23.0 Å². The normalized spacial score (nSPS) is 10.7. The number of hydrogen-bond donors (Lipinski definition) is 1. The first-order valence-electron chi connectivity index (χ1n) is 12.5. The topological polar surface area (TPSA) is 105 Å². The summed E-state index contributed by atoms with van der Waals surface area (Å²) in [6, 6.07) is 19.4. The van der Waals surface area contributed by atoms with E-state index in [1.54, 1.807) is 80.3 Å². The van der Waals surface area contributed by atoms with Crippen LogP contribution in [0.4, 0.5) is 11.5 Å². The molecule has 0 bridgehead atoms. The van der Waals surface area contributed by atoms with E-state index in [0.717, 1.165) is 5.69 Å². The number of amides is 3. The van der Waals surface area contributed by atoms with Crippen molar-refractivity contribution in [3.05, 3.63) is 84.2 Å². The van der Waals surface area contributed by atoms with Crippen molar-refractivity contribution in [1.82, 2.24) is 14.3 Å². The maximum absolute atomic E-state index is 13.1. The SMILES string of the molecule is CCc1nc2ccc(C(=O)Nc3cccc(OCC(=O)N(C)C)c3)cn2c1N(C)C(=O)COc1ccccc1. The van der Waals surface area contributed by atoms with Gasteiger partial charge in [0.15, 0.2) is 13.2 Å². The van der Waals surface area contributed by atoms with E-state index in [9.17, 15) is 14.4 Å². The highest BCUT2D eigenvalue weighted by Crippen LogP contribution is 2.24. The number of rotatable bonds is 10. The maximum atomic E-state index is 13.1. The van der Waals surface area contributed by atoms with E-state index in [4.69, 9.17) is 9.47 Å². The molecule has 4 aromatic rings. The van der Waals surface area contributed by atoms with Crippen LogP contribution in [0.5, 0.6) is 11.5 Å². The van der Waals surface area contributed by atoms with E-state index < -0.39 is 0 Å². The summed E-state index contributed by atoms with van der Waals surface area (Å²) < 4.78 is 12.9. The first-order valence-corrected chi connectivity index (χ1v) is 12.5. The first-order chi connectivity index (χ1) is 18.8. The Kier molecular flexibility index (Phi) is 8.45. The fraction of sp³-hybridized carbons (Fsp3) is 0.241. The molecule has 3 amide bonds. The summed E-state index contributed by atoms with van der Waals surface area (Å²) in [4.78, 5) is 45.5. The summed E-state index contributed by atoms with van der Waals surface area (Å²) in [6.45, 7) is 1.71. The molecule has 0 atom stereocenters. The molecule has 0 spiro atoms. The number of nitrogens with one attached hydrogen (secondary N) is 1. The highest BCUT2D eigenvalue weighted by atomic mass is 16.5. The molecule has 0 saturated carbocycles. The van der Waals surface area contributed by atoms with Crippen molar-refractivity contribution < 1.29 is 23.9 Å². The van der Waals surface area contributed by atoms with Gasteiger partial charge in [-0.25, -0.2) is 4.98 Å². The summed E-state index contributed by atoms with van der Waals surface area (Å²) in [5, 5.41) is 2.86. The molecule has 2 aromatic carbocycles. The molecule has 39 heavy (non-hydrogen) atoms. The summed E-state index contributed by atoms with van der Waals surface area (Å²) in [6.07, 6.45) is 2.25. The molecule has 2 heterocycles. The second-order valence-corrected chi connectivity index (χ2v) is 8.99. The van der Waals surface area contributed by atoms with Gasteiger partial charge in [0.05, 0.1) is 11.3 Å². The number of fused-ring (bicyclic) bond motifs is 1. The predicted molar refractivity (Wildman–Crippen MR) is 149 cm³/mol. The molecule has 1 N–H and O–H groups in total. The van der Waals surface area contributed by atoms with Gasteiger partial charge < -0.3 is 19.7 Å². The number of ether oxygens (including phenoxy) is 2. The zero-order valence-corrected chi connectivity index (χ0v) is 22.4. The molecule has 0 fully saturated rings. The molecule has 0 aliphatic carbocycles. The Morgan fingerprint density at radius 3 is 2.28 bits per heavy atom. The van der Waals surface area contributed by atoms with Gasteiger partial charge in [0.25, 0.3) is 17.7 Å². The van der Waals surface area contributed by atoms with Crippen molar-refractivity contribution in [1.29, 1.82) is 0 Å². The lowest BCUT2D eigenvalue weighted by Gasteiger charge is -2.19. The van der Waals surface area contributed by atoms with Crippen molar-refractivity contribution in [2.24, 2.45) is 0 Å². The van der Waals surface area contributed by atoms with Crippen LogP contribution in [-0.2, 0) is 16.0 Å². The van der Waals surface area contributed by atoms with Crippen LogP contribution in [0.1, 0.15) is 23.0 Å². The third kappa shape index (κ3) is 6.53. The molecule has 0 radical (unpaired) electrons. The number of likely N-dealkylation sites (N-methyl/N-ethyl adjacent to an activating group) is 2. The Hall–Kier alpha value is -4.86. The summed E-state index contributed by atoms with van der Waals surface area (Å²) >= 11 is 0. The minimum atomic E-state index is -0.350. The molecule has 0 saturated heterocycles. The molecule has 0 aliphatic heterocycles. The van der Waals surface area contributed by atoms with Crippen LogP contribution in [0.3, 0.4) is 0 Å². The number of imidazole rings is 1. The molecule has 0 aliphatic rings. The second-order valence-electron chi connectivity index (χ2n) is 8.99. The van der Waals surface area contributed by atoms with Crippen LogP contribution in [0.25, 0.3) is 5.65 Å². The quantitative estimate of drug-likeness (QED) is 0.336. The van der Waals surface area contributed by atoms with Crippen LogP contribution < -0.4 is 19.7 Å². The lowest BCUT2D eigenvalue weighted by atomic mass is 10.2. The Balaban J connectivity index is 1.52. The Bertz CT molecular complexity index is 1480. The molecule has 0 unspecified atom stereocenters. The third-order valence-electron chi connectivity index (χ3n) is 6.01. The van der Waals surface area contributed by atoms with Crippen molar-refractivity contribution in [2.45, 2.75) is 13.3 Å². The fourth-order valence-electron chi connectivity index (χ4n) is 3.83. The molecule has 202 valence electrons. The molecular formula is C29H31N5O5. The van der Waals surface area contributed by atoms with E-state index in [0.29, 0.717) is 40.6 Å². The highest BCUT2D eigenvalue weighted by Gasteiger charge is 2.21.